The zero-order valence-electron chi connectivity index (χ0n) is 17.7. The summed E-state index contributed by atoms with van der Waals surface area (Å²) in [6.45, 7) is 4.02. The predicted octanol–water partition coefficient (Wildman–Crippen LogP) is 3.70. The fourth-order valence-corrected chi connectivity index (χ4v) is 3.46. The number of fused-ring (bicyclic) bond motifs is 1. The number of hydrogen-bond acceptors (Lipinski definition) is 3. The maximum atomic E-state index is 12.4. The highest BCUT2D eigenvalue weighted by Gasteiger charge is 2.34. The fourth-order valence-electron chi connectivity index (χ4n) is 3.46. The minimum Gasteiger partial charge on any atom is -0.356 e. The first-order valence-electron chi connectivity index (χ1n) is 9.94. The Morgan fingerprint density at radius 2 is 1.60 bits per heavy atom. The van der Waals surface area contributed by atoms with E-state index >= 15 is 0 Å². The Bertz CT molecular complexity index is 877. The second-order valence-corrected chi connectivity index (χ2v) is 7.33. The zero-order valence-corrected chi connectivity index (χ0v) is 20.1. The summed E-state index contributed by atoms with van der Waals surface area (Å²) in [5.74, 6) is 0.450. The highest BCUT2D eigenvalue weighted by Crippen LogP contribution is 2.22. The number of carbonyl (C=O) groups excluding carboxylic acids is 2. The van der Waals surface area contributed by atoms with Gasteiger partial charge in [0.2, 0.25) is 0 Å². The summed E-state index contributed by atoms with van der Waals surface area (Å²) in [7, 11) is 3.78. The number of unbranched alkanes of at least 4 members (excludes halogenated alkanes) is 1. The van der Waals surface area contributed by atoms with Crippen LogP contribution >= 0.6 is 24.0 Å². The van der Waals surface area contributed by atoms with Crippen LogP contribution in [0.15, 0.2) is 53.5 Å². The molecule has 7 heteroatoms. The summed E-state index contributed by atoms with van der Waals surface area (Å²) >= 11 is 0. The van der Waals surface area contributed by atoms with E-state index in [0.29, 0.717) is 17.7 Å². The molecule has 0 saturated heterocycles. The van der Waals surface area contributed by atoms with Gasteiger partial charge >= 0.3 is 0 Å². The summed E-state index contributed by atoms with van der Waals surface area (Å²) in [5.41, 5.74) is 3.49. The van der Waals surface area contributed by atoms with Crippen LogP contribution in [0.2, 0.25) is 0 Å². The molecule has 0 saturated carbocycles. The number of rotatable bonds is 7. The Kier molecular flexibility index (Phi) is 8.83. The van der Waals surface area contributed by atoms with Crippen molar-refractivity contribution in [3.8, 4) is 0 Å². The van der Waals surface area contributed by atoms with Crippen molar-refractivity contribution >= 4 is 41.8 Å². The number of amides is 2. The Hall–Kier alpha value is -2.42. The smallest absolute Gasteiger partial charge is 0.261 e. The van der Waals surface area contributed by atoms with Gasteiger partial charge in [0.1, 0.15) is 0 Å². The van der Waals surface area contributed by atoms with Crippen LogP contribution in [0.4, 0.5) is 0 Å². The van der Waals surface area contributed by atoms with E-state index in [1.165, 1.54) is 16.0 Å². The molecule has 3 rings (SSSR count). The molecule has 160 valence electrons. The normalized spacial score (nSPS) is 13.2. The van der Waals surface area contributed by atoms with Crippen LogP contribution in [0.5, 0.6) is 0 Å². The molecule has 1 aliphatic heterocycles. The summed E-state index contributed by atoms with van der Waals surface area (Å²) in [6, 6.07) is 15.5. The van der Waals surface area contributed by atoms with Gasteiger partial charge in [0.15, 0.2) is 5.96 Å². The van der Waals surface area contributed by atoms with Crippen molar-refractivity contribution in [1.29, 1.82) is 0 Å². The fraction of sp³-hybridized carbons (Fsp3) is 0.348. The van der Waals surface area contributed by atoms with Crippen LogP contribution in [-0.2, 0) is 6.54 Å². The Labute approximate surface area is 195 Å². The van der Waals surface area contributed by atoms with Crippen LogP contribution < -0.4 is 5.32 Å². The molecule has 30 heavy (non-hydrogen) atoms. The molecule has 0 aromatic heterocycles. The molecule has 0 atom stereocenters. The average Bonchev–Trinajstić information content (AvgIpc) is 2.97. The maximum absolute atomic E-state index is 12.4. The van der Waals surface area contributed by atoms with E-state index < -0.39 is 0 Å². The third-order valence-corrected chi connectivity index (χ3v) is 5.08. The van der Waals surface area contributed by atoms with Gasteiger partial charge in [-0.1, -0.05) is 42.0 Å². The number of guanidine groups is 1. The number of nitrogens with one attached hydrogen (secondary N) is 1. The maximum Gasteiger partial charge on any atom is 0.261 e. The first-order valence-corrected chi connectivity index (χ1v) is 9.94. The van der Waals surface area contributed by atoms with Gasteiger partial charge in [0.05, 0.1) is 11.1 Å². The van der Waals surface area contributed by atoms with Crippen molar-refractivity contribution in [3.63, 3.8) is 0 Å². The Morgan fingerprint density at radius 1 is 1.00 bits per heavy atom. The number of imide groups is 1. The van der Waals surface area contributed by atoms with Crippen LogP contribution in [0.3, 0.4) is 0 Å². The van der Waals surface area contributed by atoms with Gasteiger partial charge in [-0.15, -0.1) is 24.0 Å². The Balaban J connectivity index is 0.00000320. The highest BCUT2D eigenvalue weighted by molar-refractivity contribution is 14.0. The number of nitrogens with zero attached hydrogens (tertiary/aromatic N) is 3. The monoisotopic (exact) mass is 520 g/mol. The molecule has 2 amide bonds. The minimum atomic E-state index is -0.188. The van der Waals surface area contributed by atoms with Gasteiger partial charge in [-0.05, 0) is 37.5 Å². The van der Waals surface area contributed by atoms with Crippen molar-refractivity contribution < 1.29 is 9.59 Å². The molecule has 0 unspecified atom stereocenters. The molecule has 1 heterocycles. The lowest BCUT2D eigenvalue weighted by Gasteiger charge is -2.22. The zero-order chi connectivity index (χ0) is 20.8. The summed E-state index contributed by atoms with van der Waals surface area (Å²) in [5, 5.41) is 3.35. The lowest BCUT2D eigenvalue weighted by molar-refractivity contribution is 0.0652. The quantitative estimate of drug-likeness (QED) is 0.199. The van der Waals surface area contributed by atoms with Crippen molar-refractivity contribution in [2.45, 2.75) is 26.3 Å². The number of benzene rings is 2. The summed E-state index contributed by atoms with van der Waals surface area (Å²) < 4.78 is 0. The second kappa shape index (κ2) is 11.1. The third kappa shape index (κ3) is 5.59. The average molecular weight is 520 g/mol. The molecule has 2 aromatic rings. The molecule has 0 radical (unpaired) electrons. The lowest BCUT2D eigenvalue weighted by atomic mass is 10.1. The summed E-state index contributed by atoms with van der Waals surface area (Å²) in [4.78, 5) is 32.5. The molecule has 0 spiro atoms. The largest absolute Gasteiger partial charge is 0.356 e. The molecule has 2 aromatic carbocycles. The van der Waals surface area contributed by atoms with E-state index in [1.54, 1.807) is 31.3 Å². The van der Waals surface area contributed by atoms with Gasteiger partial charge in [-0.25, -0.2) is 0 Å². The molecule has 1 N–H and O–H groups in total. The molecule has 1 aliphatic rings. The standard InChI is InChI=1S/C23H28N4O2.HI/c1-17-10-12-18(13-11-17)16-26(3)23(24-2)25-14-6-7-15-27-21(28)19-8-4-5-9-20(19)22(27)29;/h4-5,8-13H,6-7,14-16H2,1-3H3,(H,24,25);1H. The minimum absolute atomic E-state index is 0. The van der Waals surface area contributed by atoms with Gasteiger partial charge in [0, 0.05) is 33.7 Å². The predicted molar refractivity (Wildman–Crippen MR) is 130 cm³/mol. The second-order valence-electron chi connectivity index (χ2n) is 7.33. The van der Waals surface area contributed by atoms with E-state index in [9.17, 15) is 9.59 Å². The third-order valence-electron chi connectivity index (χ3n) is 5.08. The topological polar surface area (TPSA) is 65.0 Å². The van der Waals surface area contributed by atoms with E-state index in [-0.39, 0.29) is 35.8 Å². The van der Waals surface area contributed by atoms with Gasteiger partial charge < -0.3 is 10.2 Å². The molecule has 0 fully saturated rings. The van der Waals surface area contributed by atoms with Crippen molar-refractivity contribution in [2.75, 3.05) is 27.2 Å². The van der Waals surface area contributed by atoms with Crippen LogP contribution in [-0.4, -0.2) is 54.8 Å². The molecular formula is C23H29IN4O2. The van der Waals surface area contributed by atoms with Crippen LogP contribution in [0.25, 0.3) is 0 Å². The summed E-state index contributed by atoms with van der Waals surface area (Å²) in [6.07, 6.45) is 1.59. The number of aryl methyl sites for hydroxylation is 1. The van der Waals surface area contributed by atoms with Crippen LogP contribution in [0, 0.1) is 6.92 Å². The van der Waals surface area contributed by atoms with E-state index in [0.717, 1.165) is 31.9 Å². The first kappa shape index (κ1) is 23.9. The SMILES string of the molecule is CN=C(NCCCCN1C(=O)c2ccccc2C1=O)N(C)Cc1ccc(C)cc1.I. The molecule has 0 aliphatic carbocycles. The van der Waals surface area contributed by atoms with Gasteiger partial charge in [-0.2, -0.15) is 0 Å². The van der Waals surface area contributed by atoms with Crippen molar-refractivity contribution in [2.24, 2.45) is 4.99 Å². The highest BCUT2D eigenvalue weighted by atomic mass is 127. The van der Waals surface area contributed by atoms with E-state index in [1.807, 2.05) is 7.05 Å². The molecule has 0 bridgehead atoms. The van der Waals surface area contributed by atoms with E-state index in [2.05, 4.69) is 46.4 Å². The number of carbonyl (C=O) groups is 2. The molecular weight excluding hydrogens is 491 g/mol. The molecule has 6 nitrogen and oxygen atoms in total. The van der Waals surface area contributed by atoms with Gasteiger partial charge in [-0.3, -0.25) is 19.5 Å². The number of hydrogen-bond donors (Lipinski definition) is 1. The lowest BCUT2D eigenvalue weighted by Crippen LogP contribution is -2.39. The van der Waals surface area contributed by atoms with Crippen LogP contribution in [0.1, 0.15) is 44.7 Å². The van der Waals surface area contributed by atoms with Crippen molar-refractivity contribution in [3.05, 3.63) is 70.8 Å². The van der Waals surface area contributed by atoms with Crippen molar-refractivity contribution in [1.82, 2.24) is 15.1 Å². The first-order chi connectivity index (χ1) is 14.0. The van der Waals surface area contributed by atoms with Gasteiger partial charge in [0.25, 0.3) is 11.8 Å². The Morgan fingerprint density at radius 3 is 2.17 bits per heavy atom. The van der Waals surface area contributed by atoms with E-state index in [4.69, 9.17) is 0 Å². The number of aliphatic imine (C=N–C) groups is 1. The number of halogens is 1.